The van der Waals surface area contributed by atoms with Gasteiger partial charge in [-0.05, 0) is 26.0 Å². The van der Waals surface area contributed by atoms with Crippen molar-refractivity contribution < 1.29 is 17.9 Å². The van der Waals surface area contributed by atoms with Gasteiger partial charge in [0.2, 0.25) is 5.95 Å². The molecule has 37 heavy (non-hydrogen) atoms. The standard InChI is InChI=1S/C26H26F3N7O/c1-15(2)36-7-8-37-25-17(13-30)9-16(10-23(25)36)24-20(29)14-32-26(34-24)33-21-11-19(28)22(12-18(21)27)35-5-3-31-4-6-35/h9-12,14-15,31H,3-8H2,1-2H3,(H,32,33,34). The molecule has 3 aromatic rings. The number of benzene rings is 2. The lowest BCUT2D eigenvalue weighted by Gasteiger charge is -2.35. The third-order valence-corrected chi connectivity index (χ3v) is 6.46. The first-order valence-electron chi connectivity index (χ1n) is 12.1. The highest BCUT2D eigenvalue weighted by molar-refractivity contribution is 5.77. The van der Waals surface area contributed by atoms with E-state index in [1.165, 1.54) is 6.07 Å². The zero-order valence-corrected chi connectivity index (χ0v) is 20.5. The van der Waals surface area contributed by atoms with Crippen LogP contribution in [0.4, 0.5) is 36.2 Å². The van der Waals surface area contributed by atoms with Gasteiger partial charge in [-0.15, -0.1) is 0 Å². The highest BCUT2D eigenvalue weighted by Gasteiger charge is 2.26. The normalized spacial score (nSPS) is 15.3. The van der Waals surface area contributed by atoms with Crippen LogP contribution in [0.5, 0.6) is 5.75 Å². The van der Waals surface area contributed by atoms with Gasteiger partial charge >= 0.3 is 0 Å². The van der Waals surface area contributed by atoms with Gasteiger partial charge < -0.3 is 25.2 Å². The second kappa shape index (κ2) is 10.1. The Balaban J connectivity index is 1.49. The number of hydrogen-bond acceptors (Lipinski definition) is 8. The lowest BCUT2D eigenvalue weighted by molar-refractivity contribution is 0.302. The van der Waals surface area contributed by atoms with Crippen molar-refractivity contribution in [2.75, 3.05) is 54.4 Å². The number of nitrogens with one attached hydrogen (secondary N) is 2. The quantitative estimate of drug-likeness (QED) is 0.529. The van der Waals surface area contributed by atoms with Gasteiger partial charge in [0.05, 0.1) is 35.4 Å². The van der Waals surface area contributed by atoms with E-state index in [4.69, 9.17) is 4.74 Å². The number of fused-ring (bicyclic) bond motifs is 1. The number of aromatic nitrogens is 2. The average Bonchev–Trinajstić information content (AvgIpc) is 2.91. The van der Waals surface area contributed by atoms with Gasteiger partial charge in [0.15, 0.2) is 11.6 Å². The van der Waals surface area contributed by atoms with E-state index in [9.17, 15) is 18.4 Å². The molecule has 8 nitrogen and oxygen atoms in total. The molecule has 1 saturated heterocycles. The molecule has 192 valence electrons. The molecule has 1 aromatic heterocycles. The van der Waals surface area contributed by atoms with Gasteiger partial charge in [0.25, 0.3) is 0 Å². The minimum atomic E-state index is -0.720. The summed E-state index contributed by atoms with van der Waals surface area (Å²) in [5, 5.41) is 15.5. The molecule has 0 bridgehead atoms. The number of nitrogens with zero attached hydrogens (tertiary/aromatic N) is 5. The number of ether oxygens (including phenoxy) is 1. The minimum absolute atomic E-state index is 0.0793. The van der Waals surface area contributed by atoms with Crippen LogP contribution in [0, 0.1) is 28.8 Å². The Bertz CT molecular complexity index is 1370. The summed E-state index contributed by atoms with van der Waals surface area (Å²) in [6.07, 6.45) is 0.955. The number of rotatable bonds is 5. The third-order valence-electron chi connectivity index (χ3n) is 6.46. The number of hydrogen-bond donors (Lipinski definition) is 2. The third kappa shape index (κ3) is 4.84. The molecule has 2 aliphatic rings. The van der Waals surface area contributed by atoms with Crippen LogP contribution in [0.1, 0.15) is 19.4 Å². The predicted octanol–water partition coefficient (Wildman–Crippen LogP) is 4.19. The molecule has 3 heterocycles. The molecule has 0 aliphatic carbocycles. The van der Waals surface area contributed by atoms with Crippen LogP contribution >= 0.6 is 0 Å². The van der Waals surface area contributed by atoms with E-state index >= 15 is 0 Å². The number of piperazine rings is 1. The first-order valence-corrected chi connectivity index (χ1v) is 12.1. The molecule has 0 spiro atoms. The molecule has 0 unspecified atom stereocenters. The van der Waals surface area contributed by atoms with Crippen LogP contribution in [0.3, 0.4) is 0 Å². The smallest absolute Gasteiger partial charge is 0.228 e. The molecule has 1 fully saturated rings. The van der Waals surface area contributed by atoms with Crippen molar-refractivity contribution in [3.05, 3.63) is 53.5 Å². The Morgan fingerprint density at radius 1 is 1.03 bits per heavy atom. The highest BCUT2D eigenvalue weighted by atomic mass is 19.1. The van der Waals surface area contributed by atoms with Crippen molar-refractivity contribution >= 4 is 23.0 Å². The molecule has 2 aromatic carbocycles. The van der Waals surface area contributed by atoms with Gasteiger partial charge in [-0.2, -0.15) is 5.26 Å². The van der Waals surface area contributed by atoms with Crippen molar-refractivity contribution in [3.63, 3.8) is 0 Å². The van der Waals surface area contributed by atoms with Crippen molar-refractivity contribution in [1.82, 2.24) is 15.3 Å². The van der Waals surface area contributed by atoms with Crippen LogP contribution in [0.15, 0.2) is 30.5 Å². The van der Waals surface area contributed by atoms with Gasteiger partial charge in [0, 0.05) is 49.9 Å². The molecule has 2 aliphatic heterocycles. The Hall–Kier alpha value is -4.04. The van der Waals surface area contributed by atoms with Gasteiger partial charge in [-0.3, -0.25) is 0 Å². The van der Waals surface area contributed by atoms with E-state index in [-0.39, 0.29) is 34.6 Å². The second-order valence-corrected chi connectivity index (χ2v) is 9.16. The summed E-state index contributed by atoms with van der Waals surface area (Å²) in [6.45, 7) is 7.59. The molecule has 0 amide bonds. The molecular weight excluding hydrogens is 483 g/mol. The van der Waals surface area contributed by atoms with Crippen LogP contribution in [-0.2, 0) is 0 Å². The number of halogens is 3. The fourth-order valence-corrected chi connectivity index (χ4v) is 4.63. The Kier molecular flexibility index (Phi) is 6.76. The molecule has 5 rings (SSSR count). The van der Waals surface area contributed by atoms with Crippen molar-refractivity contribution in [1.29, 1.82) is 5.26 Å². The molecule has 2 N–H and O–H groups in total. The van der Waals surface area contributed by atoms with Gasteiger partial charge in [-0.25, -0.2) is 23.1 Å². The first-order chi connectivity index (χ1) is 17.9. The largest absolute Gasteiger partial charge is 0.488 e. The Labute approximate surface area is 212 Å². The maximum atomic E-state index is 14.9. The highest BCUT2D eigenvalue weighted by Crippen LogP contribution is 2.40. The SMILES string of the molecule is CC(C)N1CCOc2c(C#N)cc(-c3nc(Nc4cc(F)c(N5CCNCC5)cc4F)ncc3F)cc21. The topological polar surface area (TPSA) is 89.3 Å². The molecule has 11 heteroatoms. The first kappa shape index (κ1) is 24.6. The van der Waals surface area contributed by atoms with E-state index in [1.54, 1.807) is 11.0 Å². The molecule has 0 radical (unpaired) electrons. The summed E-state index contributed by atoms with van der Waals surface area (Å²) in [6, 6.07) is 7.63. The summed E-state index contributed by atoms with van der Waals surface area (Å²) in [5.74, 6) is -1.66. The fraction of sp³-hybridized carbons (Fsp3) is 0.346. The van der Waals surface area contributed by atoms with Crippen LogP contribution in [-0.4, -0.2) is 55.3 Å². The monoisotopic (exact) mass is 509 g/mol. The van der Waals surface area contributed by atoms with Gasteiger partial charge in [0.1, 0.15) is 30.0 Å². The number of anilines is 4. The molecule has 0 saturated carbocycles. The Morgan fingerprint density at radius 2 is 1.81 bits per heavy atom. The van der Waals surface area contributed by atoms with E-state index in [2.05, 4.69) is 31.6 Å². The average molecular weight is 510 g/mol. The van der Waals surface area contributed by atoms with Crippen LogP contribution in [0.25, 0.3) is 11.3 Å². The lowest BCUT2D eigenvalue weighted by atomic mass is 10.0. The van der Waals surface area contributed by atoms with Gasteiger partial charge in [-0.1, -0.05) is 0 Å². The van der Waals surface area contributed by atoms with Crippen LogP contribution in [0.2, 0.25) is 0 Å². The fourth-order valence-electron chi connectivity index (χ4n) is 4.63. The summed E-state index contributed by atoms with van der Waals surface area (Å²) in [7, 11) is 0. The maximum Gasteiger partial charge on any atom is 0.228 e. The molecular formula is C26H26F3N7O. The zero-order valence-electron chi connectivity index (χ0n) is 20.5. The van der Waals surface area contributed by atoms with E-state index in [0.29, 0.717) is 56.3 Å². The summed E-state index contributed by atoms with van der Waals surface area (Å²) < 4.78 is 50.4. The van der Waals surface area contributed by atoms with Crippen molar-refractivity contribution in [2.45, 2.75) is 19.9 Å². The Morgan fingerprint density at radius 3 is 2.54 bits per heavy atom. The maximum absolute atomic E-state index is 14.9. The molecule has 0 atom stereocenters. The van der Waals surface area contributed by atoms with Crippen molar-refractivity contribution in [2.24, 2.45) is 0 Å². The predicted molar refractivity (Wildman–Crippen MR) is 135 cm³/mol. The van der Waals surface area contributed by atoms with E-state index in [0.717, 1.165) is 18.3 Å². The second-order valence-electron chi connectivity index (χ2n) is 9.16. The summed E-state index contributed by atoms with van der Waals surface area (Å²) in [5.41, 5.74) is 1.19. The minimum Gasteiger partial charge on any atom is -0.488 e. The lowest BCUT2D eigenvalue weighted by Crippen LogP contribution is -2.43. The van der Waals surface area contributed by atoms with Crippen LogP contribution < -0.4 is 25.2 Å². The summed E-state index contributed by atoms with van der Waals surface area (Å²) >= 11 is 0. The number of nitriles is 1. The summed E-state index contributed by atoms with van der Waals surface area (Å²) in [4.78, 5) is 12.0. The zero-order chi connectivity index (χ0) is 26.1. The van der Waals surface area contributed by atoms with Crippen molar-refractivity contribution in [3.8, 4) is 23.1 Å². The van der Waals surface area contributed by atoms with E-state index < -0.39 is 17.5 Å². The van der Waals surface area contributed by atoms with E-state index in [1.807, 2.05) is 13.8 Å².